The molecule has 0 unspecified atom stereocenters. The quantitative estimate of drug-likeness (QED) is 0.812. The molecule has 27 heavy (non-hydrogen) atoms. The summed E-state index contributed by atoms with van der Waals surface area (Å²) in [4.78, 5) is 14.7. The summed E-state index contributed by atoms with van der Waals surface area (Å²) in [6.45, 7) is 2.19. The number of hydrogen-bond acceptors (Lipinski definition) is 4. The van der Waals surface area contributed by atoms with Crippen molar-refractivity contribution in [3.8, 4) is 0 Å². The number of anilines is 1. The van der Waals surface area contributed by atoms with Gasteiger partial charge in [0.1, 0.15) is 0 Å². The molecule has 0 spiro atoms. The predicted molar refractivity (Wildman–Crippen MR) is 107 cm³/mol. The summed E-state index contributed by atoms with van der Waals surface area (Å²) in [5.41, 5.74) is 0.586. The van der Waals surface area contributed by atoms with E-state index in [2.05, 4.69) is 10.2 Å². The molecule has 9 heteroatoms. The van der Waals surface area contributed by atoms with Gasteiger partial charge in [0.05, 0.1) is 15.6 Å². The molecule has 1 heterocycles. The Balaban J connectivity index is 1.82. The molecule has 0 bridgehead atoms. The SMILES string of the molecule is CN1CCN(S(=O)(=O)c2cccc(C(=O)Nc3cc(Cl)ccc3Cl)c2)CC1. The smallest absolute Gasteiger partial charge is 0.255 e. The number of sulfonamides is 1. The average molecular weight is 428 g/mol. The third kappa shape index (κ3) is 4.62. The highest BCUT2D eigenvalue weighted by Crippen LogP contribution is 2.26. The molecular formula is C18H19Cl2N3O3S. The number of nitrogens with one attached hydrogen (secondary N) is 1. The largest absolute Gasteiger partial charge is 0.321 e. The Morgan fingerprint density at radius 3 is 2.44 bits per heavy atom. The van der Waals surface area contributed by atoms with Crippen LogP contribution in [0.4, 0.5) is 5.69 Å². The van der Waals surface area contributed by atoms with Crippen molar-refractivity contribution in [1.29, 1.82) is 0 Å². The van der Waals surface area contributed by atoms with Crippen LogP contribution in [0.25, 0.3) is 0 Å². The van der Waals surface area contributed by atoms with E-state index in [1.165, 1.54) is 22.5 Å². The Labute approximate surface area is 168 Å². The second-order valence-corrected chi connectivity index (χ2v) is 9.10. The zero-order valence-electron chi connectivity index (χ0n) is 14.7. The summed E-state index contributed by atoms with van der Waals surface area (Å²) < 4.78 is 27.2. The van der Waals surface area contributed by atoms with Crippen LogP contribution in [0, 0.1) is 0 Å². The maximum Gasteiger partial charge on any atom is 0.255 e. The number of carbonyl (C=O) groups is 1. The third-order valence-corrected chi connectivity index (χ3v) is 6.83. The van der Waals surface area contributed by atoms with Crippen LogP contribution in [0.15, 0.2) is 47.4 Å². The van der Waals surface area contributed by atoms with E-state index in [1.807, 2.05) is 7.05 Å². The van der Waals surface area contributed by atoms with Gasteiger partial charge in [0, 0.05) is 36.8 Å². The lowest BCUT2D eigenvalue weighted by atomic mass is 10.2. The van der Waals surface area contributed by atoms with E-state index in [0.29, 0.717) is 41.9 Å². The van der Waals surface area contributed by atoms with Crippen LogP contribution in [-0.2, 0) is 10.0 Å². The zero-order valence-corrected chi connectivity index (χ0v) is 17.0. The van der Waals surface area contributed by atoms with Gasteiger partial charge < -0.3 is 10.2 Å². The van der Waals surface area contributed by atoms with E-state index < -0.39 is 15.9 Å². The van der Waals surface area contributed by atoms with E-state index in [4.69, 9.17) is 23.2 Å². The van der Waals surface area contributed by atoms with Gasteiger partial charge in [-0.25, -0.2) is 8.42 Å². The molecule has 0 saturated carbocycles. The van der Waals surface area contributed by atoms with Crippen LogP contribution in [0.1, 0.15) is 10.4 Å². The number of piperazine rings is 1. The lowest BCUT2D eigenvalue weighted by molar-refractivity contribution is 0.102. The van der Waals surface area contributed by atoms with Crippen LogP contribution >= 0.6 is 23.2 Å². The minimum absolute atomic E-state index is 0.0943. The minimum atomic E-state index is -3.65. The third-order valence-electron chi connectivity index (χ3n) is 4.37. The summed E-state index contributed by atoms with van der Waals surface area (Å²) in [5.74, 6) is -0.463. The topological polar surface area (TPSA) is 69.7 Å². The number of carbonyl (C=O) groups excluding carboxylic acids is 1. The summed E-state index contributed by atoms with van der Waals surface area (Å²) in [7, 11) is -1.70. The van der Waals surface area contributed by atoms with Crippen molar-refractivity contribution in [3.63, 3.8) is 0 Å². The van der Waals surface area contributed by atoms with E-state index in [9.17, 15) is 13.2 Å². The van der Waals surface area contributed by atoms with Crippen molar-refractivity contribution in [2.24, 2.45) is 0 Å². The van der Waals surface area contributed by atoms with Gasteiger partial charge in [0.15, 0.2) is 0 Å². The molecule has 6 nitrogen and oxygen atoms in total. The van der Waals surface area contributed by atoms with Gasteiger partial charge in [-0.15, -0.1) is 0 Å². The van der Waals surface area contributed by atoms with Crippen molar-refractivity contribution in [3.05, 3.63) is 58.1 Å². The molecule has 1 amide bonds. The summed E-state index contributed by atoms with van der Waals surface area (Å²) in [6, 6.07) is 10.7. The highest BCUT2D eigenvalue weighted by molar-refractivity contribution is 7.89. The highest BCUT2D eigenvalue weighted by Gasteiger charge is 2.28. The van der Waals surface area contributed by atoms with Crippen molar-refractivity contribution < 1.29 is 13.2 Å². The Morgan fingerprint density at radius 1 is 1.04 bits per heavy atom. The summed E-state index contributed by atoms with van der Waals surface area (Å²) >= 11 is 12.0. The fraction of sp³-hybridized carbons (Fsp3) is 0.278. The fourth-order valence-electron chi connectivity index (χ4n) is 2.76. The zero-order chi connectivity index (χ0) is 19.6. The first-order chi connectivity index (χ1) is 12.8. The Kier molecular flexibility index (Phi) is 6.08. The molecule has 1 N–H and O–H groups in total. The number of rotatable bonds is 4. The molecular weight excluding hydrogens is 409 g/mol. The molecule has 1 aliphatic heterocycles. The molecule has 1 fully saturated rings. The molecule has 0 radical (unpaired) electrons. The molecule has 3 rings (SSSR count). The van der Waals surface area contributed by atoms with E-state index in [0.717, 1.165) is 0 Å². The number of benzene rings is 2. The summed E-state index contributed by atoms with van der Waals surface area (Å²) in [6.07, 6.45) is 0. The van der Waals surface area contributed by atoms with Crippen molar-refractivity contribution in [1.82, 2.24) is 9.21 Å². The van der Waals surface area contributed by atoms with E-state index in [-0.39, 0.29) is 10.5 Å². The number of hydrogen-bond donors (Lipinski definition) is 1. The number of halogens is 2. The van der Waals surface area contributed by atoms with Crippen LogP contribution in [0.3, 0.4) is 0 Å². The maximum absolute atomic E-state index is 12.9. The molecule has 2 aromatic carbocycles. The molecule has 0 aromatic heterocycles. The molecule has 1 saturated heterocycles. The van der Waals surface area contributed by atoms with Crippen LogP contribution in [0.2, 0.25) is 10.0 Å². The molecule has 0 atom stereocenters. The van der Waals surface area contributed by atoms with Gasteiger partial charge in [0.25, 0.3) is 5.91 Å². The second-order valence-electron chi connectivity index (χ2n) is 6.31. The minimum Gasteiger partial charge on any atom is -0.321 e. The van der Waals surface area contributed by atoms with Crippen molar-refractivity contribution in [2.45, 2.75) is 4.90 Å². The number of amides is 1. The fourth-order valence-corrected chi connectivity index (χ4v) is 4.57. The lowest BCUT2D eigenvalue weighted by Gasteiger charge is -2.31. The molecule has 144 valence electrons. The van der Waals surface area contributed by atoms with Crippen molar-refractivity contribution >= 4 is 44.8 Å². The molecule has 1 aliphatic rings. The molecule has 0 aliphatic carbocycles. The predicted octanol–water partition coefficient (Wildman–Crippen LogP) is 3.18. The highest BCUT2D eigenvalue weighted by atomic mass is 35.5. The van der Waals surface area contributed by atoms with Gasteiger partial charge in [0.2, 0.25) is 10.0 Å². The lowest BCUT2D eigenvalue weighted by Crippen LogP contribution is -2.47. The second kappa shape index (κ2) is 8.16. The average Bonchev–Trinajstić information content (AvgIpc) is 2.65. The van der Waals surface area contributed by atoms with Crippen molar-refractivity contribution in [2.75, 3.05) is 38.5 Å². The van der Waals surface area contributed by atoms with Gasteiger partial charge >= 0.3 is 0 Å². The van der Waals surface area contributed by atoms with Gasteiger partial charge in [-0.2, -0.15) is 4.31 Å². The first-order valence-corrected chi connectivity index (χ1v) is 10.5. The standard InChI is InChI=1S/C18H19Cl2N3O3S/c1-22-7-9-23(10-8-22)27(25,26)15-4-2-3-13(11-15)18(24)21-17-12-14(19)5-6-16(17)20/h2-6,11-12H,7-10H2,1H3,(H,21,24). The van der Waals surface area contributed by atoms with Crippen LogP contribution in [-0.4, -0.2) is 56.8 Å². The molecule has 2 aromatic rings. The summed E-state index contributed by atoms with van der Waals surface area (Å²) in [5, 5.41) is 3.43. The van der Waals surface area contributed by atoms with E-state index in [1.54, 1.807) is 24.3 Å². The Hall–Kier alpha value is -1.64. The van der Waals surface area contributed by atoms with Gasteiger partial charge in [-0.3, -0.25) is 4.79 Å². The van der Waals surface area contributed by atoms with Crippen LogP contribution in [0.5, 0.6) is 0 Å². The van der Waals surface area contributed by atoms with Gasteiger partial charge in [-0.1, -0.05) is 29.3 Å². The first kappa shape index (κ1) is 20.1. The monoisotopic (exact) mass is 427 g/mol. The normalized spacial score (nSPS) is 16.3. The maximum atomic E-state index is 12.9. The number of nitrogens with zero attached hydrogens (tertiary/aromatic N) is 2. The Bertz CT molecular complexity index is 958. The number of likely N-dealkylation sites (N-methyl/N-ethyl adjacent to an activating group) is 1. The Morgan fingerprint density at radius 2 is 1.74 bits per heavy atom. The van der Waals surface area contributed by atoms with Crippen LogP contribution < -0.4 is 5.32 Å². The first-order valence-electron chi connectivity index (χ1n) is 8.32. The van der Waals surface area contributed by atoms with Gasteiger partial charge in [-0.05, 0) is 43.4 Å². The van der Waals surface area contributed by atoms with E-state index >= 15 is 0 Å².